The van der Waals surface area contributed by atoms with Gasteiger partial charge in [-0.05, 0) is 30.7 Å². The number of benzene rings is 2. The highest BCUT2D eigenvalue weighted by Gasteiger charge is 2.13. The molecule has 0 N–H and O–H groups in total. The molecule has 0 aliphatic carbocycles. The molecule has 0 radical (unpaired) electrons. The Morgan fingerprint density at radius 2 is 2.04 bits per heavy atom. The van der Waals surface area contributed by atoms with Gasteiger partial charge in [0.05, 0.1) is 31.3 Å². The van der Waals surface area contributed by atoms with E-state index in [1.807, 2.05) is 19.1 Å². The summed E-state index contributed by atoms with van der Waals surface area (Å²) >= 11 is 9.56. The third kappa shape index (κ3) is 4.05. The summed E-state index contributed by atoms with van der Waals surface area (Å²) in [5, 5.41) is 5.37. The van der Waals surface area contributed by atoms with Gasteiger partial charge in [-0.2, -0.15) is 9.78 Å². The van der Waals surface area contributed by atoms with Crippen LogP contribution >= 0.6 is 27.5 Å². The minimum absolute atomic E-state index is 0.237. The smallest absolute Gasteiger partial charge is 0.282 e. The van der Waals surface area contributed by atoms with E-state index in [4.69, 9.17) is 21.1 Å². The van der Waals surface area contributed by atoms with Gasteiger partial charge in [-0.25, -0.2) is 4.98 Å². The number of ether oxygens (including phenoxy) is 2. The SMILES string of the molecule is CCCc1nc2ccc(Br)cc2c(=O)n1N=Cc1cc(Cl)cc(OC)c1OC. The van der Waals surface area contributed by atoms with E-state index in [0.717, 1.165) is 10.9 Å². The molecule has 0 saturated carbocycles. The first-order valence-electron chi connectivity index (χ1n) is 8.65. The quantitative estimate of drug-likeness (QED) is 0.498. The van der Waals surface area contributed by atoms with E-state index in [9.17, 15) is 4.79 Å². The number of halogens is 2. The van der Waals surface area contributed by atoms with E-state index >= 15 is 0 Å². The molecule has 3 rings (SSSR count). The molecule has 8 heteroatoms. The molecule has 0 bridgehead atoms. The van der Waals surface area contributed by atoms with Crippen LogP contribution in [0.1, 0.15) is 24.7 Å². The van der Waals surface area contributed by atoms with Crippen LogP contribution in [0.5, 0.6) is 11.5 Å². The number of rotatable bonds is 6. The highest BCUT2D eigenvalue weighted by Crippen LogP contribution is 2.33. The summed E-state index contributed by atoms with van der Waals surface area (Å²) in [7, 11) is 3.07. The highest BCUT2D eigenvalue weighted by molar-refractivity contribution is 9.10. The molecule has 1 heterocycles. The van der Waals surface area contributed by atoms with Crippen LogP contribution < -0.4 is 15.0 Å². The molecule has 0 spiro atoms. The van der Waals surface area contributed by atoms with E-state index in [-0.39, 0.29) is 5.56 Å². The Bertz CT molecular complexity index is 1110. The fourth-order valence-corrected chi connectivity index (χ4v) is 3.45. The normalized spacial score (nSPS) is 11.3. The number of methoxy groups -OCH3 is 2. The van der Waals surface area contributed by atoms with E-state index in [1.54, 1.807) is 18.2 Å². The van der Waals surface area contributed by atoms with E-state index in [1.165, 1.54) is 25.1 Å². The van der Waals surface area contributed by atoms with Crippen LogP contribution in [-0.2, 0) is 6.42 Å². The highest BCUT2D eigenvalue weighted by atomic mass is 79.9. The van der Waals surface area contributed by atoms with Crippen molar-refractivity contribution in [1.82, 2.24) is 9.66 Å². The van der Waals surface area contributed by atoms with Gasteiger partial charge in [0, 0.05) is 27.5 Å². The Morgan fingerprint density at radius 3 is 2.71 bits per heavy atom. The summed E-state index contributed by atoms with van der Waals surface area (Å²) < 4.78 is 12.9. The lowest BCUT2D eigenvalue weighted by molar-refractivity contribution is 0.354. The van der Waals surface area contributed by atoms with Gasteiger partial charge in [-0.1, -0.05) is 34.5 Å². The predicted octanol–water partition coefficient (Wildman–Crippen LogP) is 4.66. The Balaban J connectivity index is 2.19. The van der Waals surface area contributed by atoms with Crippen molar-refractivity contribution < 1.29 is 9.47 Å². The molecule has 0 unspecified atom stereocenters. The zero-order valence-corrected chi connectivity index (χ0v) is 18.0. The monoisotopic (exact) mass is 463 g/mol. The molecule has 0 saturated heterocycles. The molecule has 0 fully saturated rings. The summed E-state index contributed by atoms with van der Waals surface area (Å²) in [6.07, 6.45) is 2.98. The van der Waals surface area contributed by atoms with Crippen LogP contribution in [0.25, 0.3) is 10.9 Å². The first-order valence-corrected chi connectivity index (χ1v) is 9.82. The molecule has 3 aromatic rings. The maximum absolute atomic E-state index is 13.0. The average molecular weight is 465 g/mol. The molecule has 28 heavy (non-hydrogen) atoms. The third-order valence-corrected chi connectivity index (χ3v) is 4.85. The maximum Gasteiger partial charge on any atom is 0.282 e. The molecule has 1 aromatic heterocycles. The van der Waals surface area contributed by atoms with Crippen LogP contribution in [0.4, 0.5) is 0 Å². The Morgan fingerprint density at radius 1 is 1.25 bits per heavy atom. The van der Waals surface area contributed by atoms with Crippen molar-refractivity contribution in [3.63, 3.8) is 0 Å². The van der Waals surface area contributed by atoms with Gasteiger partial charge in [0.2, 0.25) is 0 Å². The largest absolute Gasteiger partial charge is 0.493 e. The second-order valence-corrected chi connectivity index (χ2v) is 7.38. The molecular formula is C20H19BrClN3O3. The molecule has 0 aliphatic heterocycles. The van der Waals surface area contributed by atoms with Crippen molar-refractivity contribution in [1.29, 1.82) is 0 Å². The lowest BCUT2D eigenvalue weighted by Crippen LogP contribution is -2.22. The molecule has 146 valence electrons. The number of fused-ring (bicyclic) bond motifs is 1. The number of hydrogen-bond acceptors (Lipinski definition) is 5. The molecule has 6 nitrogen and oxygen atoms in total. The van der Waals surface area contributed by atoms with Crippen molar-refractivity contribution in [2.24, 2.45) is 5.10 Å². The zero-order chi connectivity index (χ0) is 20.3. The Hall–Kier alpha value is -2.38. The van der Waals surface area contributed by atoms with Crippen LogP contribution in [0.2, 0.25) is 5.02 Å². The van der Waals surface area contributed by atoms with Crippen LogP contribution in [-0.4, -0.2) is 30.1 Å². The number of hydrogen-bond donors (Lipinski definition) is 0. The topological polar surface area (TPSA) is 65.7 Å². The van der Waals surface area contributed by atoms with Crippen molar-refractivity contribution in [3.05, 3.63) is 61.6 Å². The van der Waals surface area contributed by atoms with Crippen molar-refractivity contribution in [2.75, 3.05) is 14.2 Å². The standard InChI is InChI=1S/C20H19BrClN3O3/c1-4-5-18-24-16-7-6-13(21)9-15(16)20(26)25(18)23-11-12-8-14(22)10-17(27-2)19(12)28-3/h6-11H,4-5H2,1-3H3. The second kappa shape index (κ2) is 8.75. The predicted molar refractivity (Wildman–Crippen MR) is 115 cm³/mol. The van der Waals surface area contributed by atoms with Crippen LogP contribution in [0.15, 0.2) is 44.7 Å². The van der Waals surface area contributed by atoms with Crippen molar-refractivity contribution in [2.45, 2.75) is 19.8 Å². The summed E-state index contributed by atoms with van der Waals surface area (Å²) in [4.78, 5) is 17.7. The average Bonchev–Trinajstić information content (AvgIpc) is 2.68. The van der Waals surface area contributed by atoms with Crippen molar-refractivity contribution in [3.8, 4) is 11.5 Å². The van der Waals surface area contributed by atoms with E-state index in [0.29, 0.717) is 45.2 Å². The minimum Gasteiger partial charge on any atom is -0.493 e. The number of aryl methyl sites for hydroxylation is 1. The van der Waals surface area contributed by atoms with Gasteiger partial charge in [0.1, 0.15) is 5.82 Å². The van der Waals surface area contributed by atoms with Gasteiger partial charge in [0.15, 0.2) is 11.5 Å². The lowest BCUT2D eigenvalue weighted by atomic mass is 10.2. The second-order valence-electron chi connectivity index (χ2n) is 6.03. The molecule has 0 aliphatic rings. The summed E-state index contributed by atoms with van der Waals surface area (Å²) in [5.74, 6) is 1.56. The number of nitrogens with zero attached hydrogens (tertiary/aromatic N) is 3. The molecular weight excluding hydrogens is 446 g/mol. The Kier molecular flexibility index (Phi) is 6.36. The van der Waals surface area contributed by atoms with Crippen LogP contribution in [0.3, 0.4) is 0 Å². The lowest BCUT2D eigenvalue weighted by Gasteiger charge is -2.12. The molecule has 0 amide bonds. The van der Waals surface area contributed by atoms with Gasteiger partial charge in [-0.15, -0.1) is 0 Å². The maximum atomic E-state index is 13.0. The molecule has 2 aromatic carbocycles. The third-order valence-electron chi connectivity index (χ3n) is 4.13. The first-order chi connectivity index (χ1) is 13.5. The van der Waals surface area contributed by atoms with Gasteiger partial charge in [0.25, 0.3) is 5.56 Å². The number of aromatic nitrogens is 2. The van der Waals surface area contributed by atoms with E-state index < -0.39 is 0 Å². The summed E-state index contributed by atoms with van der Waals surface area (Å²) in [6, 6.07) is 8.78. The van der Waals surface area contributed by atoms with E-state index in [2.05, 4.69) is 26.0 Å². The fraction of sp³-hybridized carbons (Fsp3) is 0.250. The fourth-order valence-electron chi connectivity index (χ4n) is 2.87. The summed E-state index contributed by atoms with van der Waals surface area (Å²) in [5.41, 5.74) is 1.000. The van der Waals surface area contributed by atoms with Gasteiger partial charge >= 0.3 is 0 Å². The van der Waals surface area contributed by atoms with Gasteiger partial charge in [-0.3, -0.25) is 4.79 Å². The summed E-state index contributed by atoms with van der Waals surface area (Å²) in [6.45, 7) is 2.02. The van der Waals surface area contributed by atoms with Gasteiger partial charge < -0.3 is 9.47 Å². The van der Waals surface area contributed by atoms with Crippen molar-refractivity contribution >= 4 is 44.6 Å². The Labute approximate surface area is 175 Å². The first kappa shape index (κ1) is 20.4. The van der Waals surface area contributed by atoms with Crippen LogP contribution in [0, 0.1) is 0 Å². The zero-order valence-electron chi connectivity index (χ0n) is 15.7. The molecule has 0 atom stereocenters. The minimum atomic E-state index is -0.237.